The number of nitrogens with zero attached hydrogens (tertiary/aromatic N) is 4. The summed E-state index contributed by atoms with van der Waals surface area (Å²) in [5, 5.41) is 4.37. The number of pyridine rings is 1. The van der Waals surface area contributed by atoms with Gasteiger partial charge in [0.2, 0.25) is 0 Å². The van der Waals surface area contributed by atoms with Gasteiger partial charge in [-0.2, -0.15) is 5.10 Å². The van der Waals surface area contributed by atoms with Gasteiger partial charge in [-0.25, -0.2) is 9.97 Å². The Bertz CT molecular complexity index is 541. The molecule has 0 atom stereocenters. The van der Waals surface area contributed by atoms with Gasteiger partial charge in [0.15, 0.2) is 5.82 Å². The second kappa shape index (κ2) is 5.36. The van der Waals surface area contributed by atoms with Crippen LogP contribution >= 0.6 is 11.6 Å². The first-order chi connectivity index (χ1) is 8.24. The lowest BCUT2D eigenvalue weighted by molar-refractivity contribution is 1.13. The van der Waals surface area contributed by atoms with Crippen LogP contribution in [0.15, 0.2) is 35.7 Å². The van der Waals surface area contributed by atoms with Crippen LogP contribution in [0.1, 0.15) is 11.4 Å². The van der Waals surface area contributed by atoms with Crippen LogP contribution in [0.4, 0.5) is 5.82 Å². The van der Waals surface area contributed by atoms with Crippen LogP contribution in [0, 0.1) is 6.92 Å². The summed E-state index contributed by atoms with van der Waals surface area (Å²) in [6, 6.07) is 7.30. The van der Waals surface area contributed by atoms with E-state index < -0.39 is 0 Å². The Hall–Kier alpha value is -2.01. The molecule has 17 heavy (non-hydrogen) atoms. The van der Waals surface area contributed by atoms with Crippen LogP contribution in [0.2, 0.25) is 5.15 Å². The van der Waals surface area contributed by atoms with Gasteiger partial charge in [-0.05, 0) is 19.1 Å². The fraction of sp³-hybridized carbons (Fsp3) is 0.0909. The van der Waals surface area contributed by atoms with Gasteiger partial charge < -0.3 is 0 Å². The van der Waals surface area contributed by atoms with Crippen LogP contribution in [0.5, 0.6) is 0 Å². The van der Waals surface area contributed by atoms with Gasteiger partial charge >= 0.3 is 0 Å². The summed E-state index contributed by atoms with van der Waals surface area (Å²) in [5.41, 5.74) is 4.47. The molecule has 0 aliphatic heterocycles. The number of halogens is 1. The van der Waals surface area contributed by atoms with Crippen molar-refractivity contribution in [2.24, 2.45) is 5.10 Å². The predicted molar refractivity (Wildman–Crippen MR) is 67.2 cm³/mol. The molecule has 6 heteroatoms. The number of hydrogen-bond donors (Lipinski definition) is 1. The number of aromatic nitrogens is 3. The summed E-state index contributed by atoms with van der Waals surface area (Å²) in [7, 11) is 0. The van der Waals surface area contributed by atoms with Gasteiger partial charge in [0.1, 0.15) is 11.5 Å². The van der Waals surface area contributed by atoms with Gasteiger partial charge in [0.25, 0.3) is 0 Å². The molecule has 0 amide bonds. The Balaban J connectivity index is 2.03. The lowest BCUT2D eigenvalue weighted by atomic mass is 10.3. The van der Waals surface area contributed by atoms with E-state index in [9.17, 15) is 0 Å². The zero-order valence-electron chi connectivity index (χ0n) is 9.13. The fourth-order valence-corrected chi connectivity index (χ4v) is 1.34. The Morgan fingerprint density at radius 3 is 3.00 bits per heavy atom. The summed E-state index contributed by atoms with van der Waals surface area (Å²) in [5.74, 6) is 0.536. The summed E-state index contributed by atoms with van der Waals surface area (Å²) < 4.78 is 0. The zero-order valence-corrected chi connectivity index (χ0v) is 9.89. The van der Waals surface area contributed by atoms with Gasteiger partial charge in [-0.3, -0.25) is 10.4 Å². The SMILES string of the molecule is Cc1cccc(/C=N/Nc2cc(Cl)ncn2)n1. The molecule has 2 aromatic rings. The van der Waals surface area contributed by atoms with Crippen molar-refractivity contribution in [3.63, 3.8) is 0 Å². The molecule has 0 aliphatic carbocycles. The fourth-order valence-electron chi connectivity index (χ4n) is 1.20. The molecule has 1 N–H and O–H groups in total. The van der Waals surface area contributed by atoms with Crippen molar-refractivity contribution in [2.45, 2.75) is 6.92 Å². The van der Waals surface area contributed by atoms with Crippen LogP contribution in [-0.4, -0.2) is 21.2 Å². The van der Waals surface area contributed by atoms with E-state index in [1.165, 1.54) is 6.33 Å². The first-order valence-corrected chi connectivity index (χ1v) is 5.32. The van der Waals surface area contributed by atoms with Gasteiger partial charge in [-0.1, -0.05) is 17.7 Å². The minimum Gasteiger partial charge on any atom is -0.261 e. The lowest BCUT2D eigenvalue weighted by Crippen LogP contribution is -1.95. The second-order valence-electron chi connectivity index (χ2n) is 3.30. The van der Waals surface area contributed by atoms with E-state index in [1.54, 1.807) is 12.3 Å². The summed E-state index contributed by atoms with van der Waals surface area (Å²) in [6.45, 7) is 1.93. The van der Waals surface area contributed by atoms with E-state index in [0.717, 1.165) is 11.4 Å². The topological polar surface area (TPSA) is 63.1 Å². The molecule has 2 heterocycles. The summed E-state index contributed by atoms with van der Waals surface area (Å²) >= 11 is 5.71. The van der Waals surface area contributed by atoms with Crippen molar-refractivity contribution < 1.29 is 0 Å². The Labute approximate surface area is 104 Å². The quantitative estimate of drug-likeness (QED) is 0.513. The molecular weight excluding hydrogens is 238 g/mol. The minimum atomic E-state index is 0.367. The third kappa shape index (κ3) is 3.49. The highest BCUT2D eigenvalue weighted by molar-refractivity contribution is 6.29. The van der Waals surface area contributed by atoms with Crippen molar-refractivity contribution >= 4 is 23.6 Å². The van der Waals surface area contributed by atoms with E-state index in [2.05, 4.69) is 25.5 Å². The Kier molecular flexibility index (Phi) is 3.62. The number of nitrogens with one attached hydrogen (secondary N) is 1. The molecule has 2 rings (SSSR count). The third-order valence-electron chi connectivity index (χ3n) is 1.92. The highest BCUT2D eigenvalue weighted by atomic mass is 35.5. The molecule has 0 saturated heterocycles. The van der Waals surface area contributed by atoms with Crippen LogP contribution in [0.3, 0.4) is 0 Å². The molecule has 0 aromatic carbocycles. The van der Waals surface area contributed by atoms with Crippen molar-refractivity contribution in [1.82, 2.24) is 15.0 Å². The van der Waals surface area contributed by atoms with Crippen molar-refractivity contribution in [3.05, 3.63) is 47.1 Å². The third-order valence-corrected chi connectivity index (χ3v) is 2.13. The van der Waals surface area contributed by atoms with E-state index in [0.29, 0.717) is 11.0 Å². The standard InChI is InChI=1S/C11H10ClN5/c1-8-3-2-4-9(16-8)6-15-17-11-5-10(12)13-7-14-11/h2-7H,1H3,(H,13,14,17)/b15-6+. The van der Waals surface area contributed by atoms with Crippen LogP contribution in [-0.2, 0) is 0 Å². The van der Waals surface area contributed by atoms with E-state index in [-0.39, 0.29) is 0 Å². The largest absolute Gasteiger partial charge is 0.261 e. The number of hydrazone groups is 1. The highest BCUT2D eigenvalue weighted by Crippen LogP contribution is 2.08. The lowest BCUT2D eigenvalue weighted by Gasteiger charge is -1.98. The smallest absolute Gasteiger partial charge is 0.151 e. The zero-order chi connectivity index (χ0) is 12.1. The molecule has 5 nitrogen and oxygen atoms in total. The molecule has 0 saturated carbocycles. The molecule has 0 bridgehead atoms. The average Bonchev–Trinajstić information content (AvgIpc) is 2.29. The van der Waals surface area contributed by atoms with E-state index in [4.69, 9.17) is 11.6 Å². The molecule has 0 aliphatic rings. The molecule has 0 spiro atoms. The van der Waals surface area contributed by atoms with Crippen molar-refractivity contribution in [3.8, 4) is 0 Å². The summed E-state index contributed by atoms with van der Waals surface area (Å²) in [4.78, 5) is 12.0. The monoisotopic (exact) mass is 247 g/mol. The first-order valence-electron chi connectivity index (χ1n) is 4.94. The van der Waals surface area contributed by atoms with E-state index in [1.807, 2.05) is 25.1 Å². The maximum absolute atomic E-state index is 5.71. The molecular formula is C11H10ClN5. The molecule has 0 radical (unpaired) electrons. The predicted octanol–water partition coefficient (Wildman–Crippen LogP) is 2.28. The van der Waals surface area contributed by atoms with Gasteiger partial charge in [0.05, 0.1) is 11.9 Å². The first kappa shape index (κ1) is 11.5. The Morgan fingerprint density at radius 2 is 2.24 bits per heavy atom. The summed E-state index contributed by atoms with van der Waals surface area (Å²) in [6.07, 6.45) is 2.98. The molecule has 0 fully saturated rings. The van der Waals surface area contributed by atoms with Crippen LogP contribution in [0.25, 0.3) is 0 Å². The normalized spacial score (nSPS) is 10.7. The second-order valence-corrected chi connectivity index (χ2v) is 3.69. The maximum Gasteiger partial charge on any atom is 0.151 e. The number of hydrogen-bond acceptors (Lipinski definition) is 5. The number of aryl methyl sites for hydroxylation is 1. The average molecular weight is 248 g/mol. The minimum absolute atomic E-state index is 0.367. The number of rotatable bonds is 3. The van der Waals surface area contributed by atoms with Gasteiger partial charge in [-0.15, -0.1) is 0 Å². The van der Waals surface area contributed by atoms with Crippen molar-refractivity contribution in [1.29, 1.82) is 0 Å². The number of anilines is 1. The van der Waals surface area contributed by atoms with Crippen LogP contribution < -0.4 is 5.43 Å². The maximum atomic E-state index is 5.71. The van der Waals surface area contributed by atoms with Gasteiger partial charge in [0, 0.05) is 11.8 Å². The van der Waals surface area contributed by atoms with Crippen molar-refractivity contribution in [2.75, 3.05) is 5.43 Å². The molecule has 2 aromatic heterocycles. The molecule has 86 valence electrons. The molecule has 0 unspecified atom stereocenters. The Morgan fingerprint density at radius 1 is 1.35 bits per heavy atom. The van der Waals surface area contributed by atoms with E-state index >= 15 is 0 Å². The highest BCUT2D eigenvalue weighted by Gasteiger charge is 1.93.